The van der Waals surface area contributed by atoms with Crippen LogP contribution in [0, 0.1) is 5.82 Å². The Kier molecular flexibility index (Phi) is 4.00. The largest absolute Gasteiger partial charge is 0.326 e. The highest BCUT2D eigenvalue weighted by Gasteiger charge is 2.21. The van der Waals surface area contributed by atoms with Crippen LogP contribution in [0.1, 0.15) is 27.9 Å². The zero-order chi connectivity index (χ0) is 15.0. The maximum Gasteiger partial charge on any atom is 0.224 e. The highest BCUT2D eigenvalue weighted by molar-refractivity contribution is 9.09. The molecule has 3 rings (SSSR count). The minimum atomic E-state index is -0.340. The first kappa shape index (κ1) is 14.5. The van der Waals surface area contributed by atoms with Gasteiger partial charge in [0, 0.05) is 22.7 Å². The van der Waals surface area contributed by atoms with Crippen LogP contribution >= 0.6 is 27.5 Å². The van der Waals surface area contributed by atoms with Gasteiger partial charge in [0.15, 0.2) is 0 Å². The SMILES string of the molecule is O=C1CCc2cc(C(Br)c3ccc(Cl)cc3)c(F)cc2N1. The summed E-state index contributed by atoms with van der Waals surface area (Å²) in [6, 6.07) is 10.5. The molecule has 1 N–H and O–H groups in total. The van der Waals surface area contributed by atoms with Crippen molar-refractivity contribution in [3.8, 4) is 0 Å². The van der Waals surface area contributed by atoms with Gasteiger partial charge in [0.2, 0.25) is 5.91 Å². The van der Waals surface area contributed by atoms with Crippen LogP contribution in [0.15, 0.2) is 36.4 Å². The minimum absolute atomic E-state index is 0.0669. The second-order valence-corrected chi connectivity index (χ2v) is 6.35. The van der Waals surface area contributed by atoms with Gasteiger partial charge in [0.05, 0.1) is 4.83 Å². The van der Waals surface area contributed by atoms with Gasteiger partial charge in [-0.1, -0.05) is 39.7 Å². The van der Waals surface area contributed by atoms with E-state index in [4.69, 9.17) is 11.6 Å². The molecule has 5 heteroatoms. The zero-order valence-corrected chi connectivity index (χ0v) is 13.3. The van der Waals surface area contributed by atoms with Crippen molar-refractivity contribution < 1.29 is 9.18 Å². The monoisotopic (exact) mass is 367 g/mol. The predicted molar refractivity (Wildman–Crippen MR) is 85.6 cm³/mol. The molecule has 0 fully saturated rings. The van der Waals surface area contributed by atoms with E-state index in [1.54, 1.807) is 12.1 Å². The van der Waals surface area contributed by atoms with E-state index < -0.39 is 0 Å². The molecule has 1 unspecified atom stereocenters. The number of alkyl halides is 1. The molecule has 1 amide bonds. The Labute approximate surface area is 135 Å². The molecule has 108 valence electrons. The van der Waals surface area contributed by atoms with Gasteiger partial charge < -0.3 is 5.32 Å². The van der Waals surface area contributed by atoms with Crippen LogP contribution in [0.5, 0.6) is 0 Å². The molecule has 2 nitrogen and oxygen atoms in total. The first-order chi connectivity index (χ1) is 10.0. The molecular formula is C16H12BrClFNO. The summed E-state index contributed by atoms with van der Waals surface area (Å²) in [6.07, 6.45) is 1.07. The van der Waals surface area contributed by atoms with Gasteiger partial charge in [-0.2, -0.15) is 0 Å². The van der Waals surface area contributed by atoms with E-state index in [-0.39, 0.29) is 16.6 Å². The van der Waals surface area contributed by atoms with Crippen molar-refractivity contribution in [1.29, 1.82) is 0 Å². The van der Waals surface area contributed by atoms with Crippen LogP contribution in [0.2, 0.25) is 5.02 Å². The third-order valence-corrected chi connectivity index (χ3v) is 4.83. The average Bonchev–Trinajstić information content (AvgIpc) is 2.46. The molecule has 0 saturated heterocycles. The fraction of sp³-hybridized carbons (Fsp3) is 0.188. The van der Waals surface area contributed by atoms with Crippen molar-refractivity contribution in [3.05, 3.63) is 63.9 Å². The van der Waals surface area contributed by atoms with Gasteiger partial charge >= 0.3 is 0 Å². The number of nitrogens with one attached hydrogen (secondary N) is 1. The molecule has 1 atom stereocenters. The molecule has 0 spiro atoms. The number of hydrogen-bond donors (Lipinski definition) is 1. The van der Waals surface area contributed by atoms with Gasteiger partial charge in [-0.15, -0.1) is 0 Å². The molecule has 0 bridgehead atoms. The summed E-state index contributed by atoms with van der Waals surface area (Å²) < 4.78 is 14.3. The van der Waals surface area contributed by atoms with Crippen molar-refractivity contribution >= 4 is 39.1 Å². The zero-order valence-electron chi connectivity index (χ0n) is 11.0. The molecule has 1 aliphatic rings. The van der Waals surface area contributed by atoms with Gasteiger partial charge in [-0.05, 0) is 41.8 Å². The molecule has 0 aliphatic carbocycles. The molecule has 0 aromatic heterocycles. The quantitative estimate of drug-likeness (QED) is 0.755. The fourth-order valence-corrected chi connectivity index (χ4v) is 3.21. The van der Waals surface area contributed by atoms with Crippen LogP contribution in [0.3, 0.4) is 0 Å². The Bertz CT molecular complexity index is 702. The van der Waals surface area contributed by atoms with Crippen molar-refractivity contribution in [2.24, 2.45) is 0 Å². The summed E-state index contributed by atoms with van der Waals surface area (Å²) in [5.74, 6) is -0.407. The lowest BCUT2D eigenvalue weighted by molar-refractivity contribution is -0.116. The molecule has 0 saturated carbocycles. The number of halogens is 3. The number of amides is 1. The lowest BCUT2D eigenvalue weighted by atomic mass is 9.96. The van der Waals surface area contributed by atoms with E-state index in [9.17, 15) is 9.18 Å². The maximum atomic E-state index is 14.3. The number of carbonyl (C=O) groups is 1. The number of hydrogen-bond acceptors (Lipinski definition) is 1. The van der Waals surface area contributed by atoms with Crippen LogP contribution in [0.4, 0.5) is 10.1 Å². The summed E-state index contributed by atoms with van der Waals surface area (Å²) in [7, 11) is 0. The van der Waals surface area contributed by atoms with E-state index in [0.717, 1.165) is 11.1 Å². The third kappa shape index (κ3) is 2.97. The van der Waals surface area contributed by atoms with Crippen molar-refractivity contribution in [3.63, 3.8) is 0 Å². The summed E-state index contributed by atoms with van der Waals surface area (Å²) >= 11 is 9.41. The van der Waals surface area contributed by atoms with Crippen molar-refractivity contribution in [2.45, 2.75) is 17.7 Å². The van der Waals surface area contributed by atoms with Crippen LogP contribution in [-0.2, 0) is 11.2 Å². The van der Waals surface area contributed by atoms with Gasteiger partial charge in [0.25, 0.3) is 0 Å². The number of carbonyl (C=O) groups excluding carboxylic acids is 1. The van der Waals surface area contributed by atoms with Crippen molar-refractivity contribution in [2.75, 3.05) is 5.32 Å². The van der Waals surface area contributed by atoms with Gasteiger partial charge in [-0.3, -0.25) is 4.79 Å². The summed E-state index contributed by atoms with van der Waals surface area (Å²) in [4.78, 5) is 11.1. The first-order valence-electron chi connectivity index (χ1n) is 6.56. The highest BCUT2D eigenvalue weighted by atomic mass is 79.9. The first-order valence-corrected chi connectivity index (χ1v) is 7.85. The van der Waals surface area contributed by atoms with Gasteiger partial charge in [0.1, 0.15) is 5.82 Å². The standard InChI is InChI=1S/C16H12BrClFNO/c17-16(9-1-4-11(18)5-2-9)12-7-10-3-6-15(21)20-14(10)8-13(12)19/h1-2,4-5,7-8,16H,3,6H2,(H,20,21). The van der Waals surface area contributed by atoms with Crippen LogP contribution in [0.25, 0.3) is 0 Å². The molecule has 2 aromatic rings. The van der Waals surface area contributed by atoms with E-state index in [1.807, 2.05) is 18.2 Å². The molecule has 21 heavy (non-hydrogen) atoms. The third-order valence-electron chi connectivity index (χ3n) is 3.55. The van der Waals surface area contributed by atoms with E-state index in [1.165, 1.54) is 6.07 Å². The smallest absolute Gasteiger partial charge is 0.224 e. The molecule has 1 heterocycles. The van der Waals surface area contributed by atoms with Crippen molar-refractivity contribution in [1.82, 2.24) is 0 Å². The predicted octanol–water partition coefficient (Wildman–Crippen LogP) is 4.85. The maximum absolute atomic E-state index is 14.3. The molecule has 1 aliphatic heterocycles. The molecule has 0 radical (unpaired) electrons. The lowest BCUT2D eigenvalue weighted by Crippen LogP contribution is -2.19. The average molecular weight is 369 g/mol. The van der Waals surface area contributed by atoms with Crippen LogP contribution in [-0.4, -0.2) is 5.91 Å². The number of fused-ring (bicyclic) bond motifs is 1. The highest BCUT2D eigenvalue weighted by Crippen LogP contribution is 2.36. The Morgan fingerprint density at radius 1 is 1.19 bits per heavy atom. The van der Waals surface area contributed by atoms with E-state index >= 15 is 0 Å². The number of benzene rings is 2. The van der Waals surface area contributed by atoms with E-state index in [0.29, 0.717) is 29.1 Å². The van der Waals surface area contributed by atoms with Crippen LogP contribution < -0.4 is 5.32 Å². The summed E-state index contributed by atoms with van der Waals surface area (Å²) in [5.41, 5.74) is 3.03. The Hall–Kier alpha value is -1.39. The Morgan fingerprint density at radius 2 is 1.90 bits per heavy atom. The minimum Gasteiger partial charge on any atom is -0.326 e. The van der Waals surface area contributed by atoms with E-state index in [2.05, 4.69) is 21.2 Å². The second kappa shape index (κ2) is 5.78. The number of rotatable bonds is 2. The Morgan fingerprint density at radius 3 is 2.62 bits per heavy atom. The molecule has 2 aromatic carbocycles. The Balaban J connectivity index is 1.98. The molecular weight excluding hydrogens is 357 g/mol. The lowest BCUT2D eigenvalue weighted by Gasteiger charge is -2.20. The van der Waals surface area contributed by atoms with Gasteiger partial charge in [-0.25, -0.2) is 4.39 Å². The topological polar surface area (TPSA) is 29.1 Å². The summed E-state index contributed by atoms with van der Waals surface area (Å²) in [5, 5.41) is 3.35. The normalized spacial score (nSPS) is 15.3. The number of aryl methyl sites for hydroxylation is 1. The summed E-state index contributed by atoms with van der Waals surface area (Å²) in [6.45, 7) is 0. The fourth-order valence-electron chi connectivity index (χ4n) is 2.43. The number of anilines is 1. The second-order valence-electron chi connectivity index (χ2n) is 4.99.